The molecule has 0 N–H and O–H groups in total. The largest absolute Gasteiger partial charge is 0.436 e. The first-order valence-electron chi connectivity index (χ1n) is 6.81. The first-order valence-corrected chi connectivity index (χ1v) is 7.69. The first-order chi connectivity index (χ1) is 9.58. The topological polar surface area (TPSA) is 55.8 Å². The molecule has 0 unspecified atom stereocenters. The first kappa shape index (κ1) is 16.0. The van der Waals surface area contributed by atoms with Crippen molar-refractivity contribution < 1.29 is 19.1 Å². The van der Waals surface area contributed by atoms with Gasteiger partial charge in [0.15, 0.2) is 6.10 Å². The maximum absolute atomic E-state index is 12.1. The molecule has 5 nitrogen and oxygen atoms in total. The van der Waals surface area contributed by atoms with E-state index in [1.165, 1.54) is 30.1 Å². The summed E-state index contributed by atoms with van der Waals surface area (Å²) in [6, 6.07) is 2.00. The van der Waals surface area contributed by atoms with Crippen LogP contribution in [0.15, 0.2) is 11.4 Å². The second-order valence-corrected chi connectivity index (χ2v) is 6.92. The summed E-state index contributed by atoms with van der Waals surface area (Å²) in [6.45, 7) is 10.1. The second-order valence-electron chi connectivity index (χ2n) is 5.97. The van der Waals surface area contributed by atoms with Crippen LogP contribution in [-0.4, -0.2) is 28.2 Å². The fraction of sp³-hybridized carbons (Fsp3) is 0.600. The van der Waals surface area contributed by atoms with Crippen LogP contribution in [0, 0.1) is 6.92 Å². The van der Waals surface area contributed by atoms with E-state index in [1.54, 1.807) is 20.8 Å². The predicted octanol–water partition coefficient (Wildman–Crippen LogP) is 2.99. The average molecular weight is 311 g/mol. The van der Waals surface area contributed by atoms with Crippen molar-refractivity contribution in [1.29, 1.82) is 0 Å². The van der Waals surface area contributed by atoms with Gasteiger partial charge in [0.05, 0.1) is 0 Å². The van der Waals surface area contributed by atoms with Gasteiger partial charge in [-0.25, -0.2) is 0 Å². The third kappa shape index (κ3) is 2.70. The second kappa shape index (κ2) is 5.10. The molecule has 1 aromatic rings. The van der Waals surface area contributed by atoms with Gasteiger partial charge in [-0.1, -0.05) is 0 Å². The summed E-state index contributed by atoms with van der Waals surface area (Å²) in [5, 5.41) is 2.01. The zero-order chi connectivity index (χ0) is 16.0. The van der Waals surface area contributed by atoms with E-state index >= 15 is 0 Å². The van der Waals surface area contributed by atoms with Crippen molar-refractivity contribution in [2.75, 3.05) is 0 Å². The fourth-order valence-electron chi connectivity index (χ4n) is 3.10. The number of ether oxygens (including phenoxy) is 2. The molecular formula is C15H21NO4S. The quantitative estimate of drug-likeness (QED) is 0.788. The van der Waals surface area contributed by atoms with Crippen molar-refractivity contribution in [2.45, 2.75) is 59.1 Å². The molecule has 2 atom stereocenters. The standard InChI is InChI=1S/C15H21NO4S/c1-9-7-12(21-8-9)13-15(6,19-11(3)18)16(10(2)17)14(4,5)20-13/h7-8,13H,1-6H3/t13-,15-/m1/s1. The van der Waals surface area contributed by atoms with Gasteiger partial charge in [-0.05, 0) is 44.7 Å². The SMILES string of the molecule is CC(=O)O[C@]1(C)[C@@H](c2cc(C)cs2)OC(C)(C)N1C(C)=O. The van der Waals surface area contributed by atoms with Gasteiger partial charge < -0.3 is 9.47 Å². The summed E-state index contributed by atoms with van der Waals surface area (Å²) in [5.41, 5.74) is -0.889. The minimum absolute atomic E-state index is 0.195. The lowest BCUT2D eigenvalue weighted by atomic mass is 10.0. The number of hydrogen-bond donors (Lipinski definition) is 0. The summed E-state index contributed by atoms with van der Waals surface area (Å²) in [6.07, 6.45) is -0.501. The van der Waals surface area contributed by atoms with Crippen LogP contribution in [0.5, 0.6) is 0 Å². The Kier molecular flexibility index (Phi) is 3.88. The fourth-order valence-corrected chi connectivity index (χ4v) is 4.13. The monoisotopic (exact) mass is 311 g/mol. The van der Waals surface area contributed by atoms with Crippen LogP contribution in [0.3, 0.4) is 0 Å². The zero-order valence-corrected chi connectivity index (χ0v) is 14.0. The third-order valence-electron chi connectivity index (χ3n) is 3.55. The maximum Gasteiger partial charge on any atom is 0.304 e. The molecule has 1 amide bonds. The summed E-state index contributed by atoms with van der Waals surface area (Å²) in [7, 11) is 0. The molecule has 0 spiro atoms. The Balaban J connectivity index is 2.53. The molecule has 0 saturated carbocycles. The molecule has 6 heteroatoms. The van der Waals surface area contributed by atoms with Gasteiger partial charge in [0.25, 0.3) is 0 Å². The molecule has 1 fully saturated rings. The van der Waals surface area contributed by atoms with E-state index in [0.717, 1.165) is 10.4 Å². The highest BCUT2D eigenvalue weighted by Crippen LogP contribution is 2.50. The molecule has 0 aliphatic carbocycles. The Morgan fingerprint density at radius 2 is 1.95 bits per heavy atom. The Hall–Kier alpha value is -1.40. The summed E-state index contributed by atoms with van der Waals surface area (Å²) >= 11 is 1.54. The van der Waals surface area contributed by atoms with Crippen LogP contribution in [-0.2, 0) is 19.1 Å². The number of amides is 1. The molecule has 116 valence electrons. The average Bonchev–Trinajstić information content (AvgIpc) is 2.77. The zero-order valence-electron chi connectivity index (χ0n) is 13.2. The smallest absolute Gasteiger partial charge is 0.304 e. The maximum atomic E-state index is 12.1. The number of carbonyl (C=O) groups is 2. The van der Waals surface area contributed by atoms with Crippen LogP contribution >= 0.6 is 11.3 Å². The summed E-state index contributed by atoms with van der Waals surface area (Å²) in [5.74, 6) is -0.636. The lowest BCUT2D eigenvalue weighted by Crippen LogP contribution is -2.55. The van der Waals surface area contributed by atoms with Crippen molar-refractivity contribution in [3.05, 3.63) is 21.9 Å². The van der Waals surface area contributed by atoms with Gasteiger partial charge >= 0.3 is 5.97 Å². The number of aryl methyl sites for hydroxylation is 1. The highest BCUT2D eigenvalue weighted by Gasteiger charge is 2.60. The number of rotatable bonds is 2. The molecule has 0 aromatic carbocycles. The number of hydrogen-bond acceptors (Lipinski definition) is 5. The Morgan fingerprint density at radius 3 is 2.38 bits per heavy atom. The predicted molar refractivity (Wildman–Crippen MR) is 79.7 cm³/mol. The number of nitrogens with zero attached hydrogens (tertiary/aromatic N) is 1. The highest BCUT2D eigenvalue weighted by atomic mass is 32.1. The van der Waals surface area contributed by atoms with Crippen LogP contribution in [0.4, 0.5) is 0 Å². The van der Waals surface area contributed by atoms with Crippen molar-refractivity contribution in [2.24, 2.45) is 0 Å². The van der Waals surface area contributed by atoms with Crippen molar-refractivity contribution >= 4 is 23.2 Å². The van der Waals surface area contributed by atoms with Crippen molar-refractivity contribution in [1.82, 2.24) is 4.90 Å². The van der Waals surface area contributed by atoms with E-state index in [9.17, 15) is 9.59 Å². The molecule has 1 aliphatic heterocycles. The molecule has 2 rings (SSSR count). The summed E-state index contributed by atoms with van der Waals surface area (Å²) in [4.78, 5) is 26.1. The van der Waals surface area contributed by atoms with Gasteiger partial charge in [0.1, 0.15) is 5.72 Å². The third-order valence-corrected chi connectivity index (χ3v) is 4.64. The normalized spacial score (nSPS) is 27.7. The van der Waals surface area contributed by atoms with E-state index < -0.39 is 23.5 Å². The molecule has 1 aromatic heterocycles. The minimum Gasteiger partial charge on any atom is -0.436 e. The molecule has 0 bridgehead atoms. The van der Waals surface area contributed by atoms with Gasteiger partial charge in [-0.3, -0.25) is 14.5 Å². The van der Waals surface area contributed by atoms with Gasteiger partial charge in [-0.2, -0.15) is 0 Å². The van der Waals surface area contributed by atoms with Gasteiger partial charge in [-0.15, -0.1) is 11.3 Å². The summed E-state index contributed by atoms with van der Waals surface area (Å²) < 4.78 is 11.6. The minimum atomic E-state index is -1.15. The van der Waals surface area contributed by atoms with Crippen LogP contribution in [0.1, 0.15) is 51.2 Å². The molecule has 2 heterocycles. The molecule has 1 saturated heterocycles. The molecular weight excluding hydrogens is 290 g/mol. The van der Waals surface area contributed by atoms with Crippen molar-refractivity contribution in [3.63, 3.8) is 0 Å². The highest BCUT2D eigenvalue weighted by molar-refractivity contribution is 7.10. The Morgan fingerprint density at radius 1 is 1.33 bits per heavy atom. The van der Waals surface area contributed by atoms with E-state index in [0.29, 0.717) is 0 Å². The van der Waals surface area contributed by atoms with Crippen LogP contribution in [0.25, 0.3) is 0 Å². The van der Waals surface area contributed by atoms with E-state index in [2.05, 4.69) is 0 Å². The molecule has 21 heavy (non-hydrogen) atoms. The van der Waals surface area contributed by atoms with E-state index in [4.69, 9.17) is 9.47 Å². The van der Waals surface area contributed by atoms with Crippen LogP contribution in [0.2, 0.25) is 0 Å². The Labute approximate surface area is 128 Å². The number of thiophene rings is 1. The lowest BCUT2D eigenvalue weighted by molar-refractivity contribution is -0.185. The van der Waals surface area contributed by atoms with Crippen molar-refractivity contribution in [3.8, 4) is 0 Å². The van der Waals surface area contributed by atoms with E-state index in [1.807, 2.05) is 18.4 Å². The molecule has 1 aliphatic rings. The van der Waals surface area contributed by atoms with Crippen LogP contribution < -0.4 is 0 Å². The Bertz CT molecular complexity index is 580. The van der Waals surface area contributed by atoms with Gasteiger partial charge in [0.2, 0.25) is 11.6 Å². The van der Waals surface area contributed by atoms with E-state index in [-0.39, 0.29) is 5.91 Å². The van der Waals surface area contributed by atoms with Gasteiger partial charge in [0, 0.05) is 18.7 Å². The molecule has 0 radical (unpaired) electrons. The number of esters is 1. The lowest BCUT2D eigenvalue weighted by Gasteiger charge is -2.39. The number of carbonyl (C=O) groups excluding carboxylic acids is 2.